The molecule has 0 bridgehead atoms. The van der Waals surface area contributed by atoms with Gasteiger partial charge in [-0.25, -0.2) is 0 Å². The van der Waals surface area contributed by atoms with Crippen molar-refractivity contribution in [3.8, 4) is 5.75 Å². The van der Waals surface area contributed by atoms with Gasteiger partial charge in [-0.1, -0.05) is 26.3 Å². The van der Waals surface area contributed by atoms with E-state index in [2.05, 4.69) is 24.4 Å². The van der Waals surface area contributed by atoms with Crippen molar-refractivity contribution < 1.29 is 9.53 Å². The summed E-state index contributed by atoms with van der Waals surface area (Å²) in [5, 5.41) is 3.05. The SMILES string of the molecule is CCC[C@@H](C)NC(=O)[C@@H](CC)Oc1ccc2c(c1)CCCC2. The van der Waals surface area contributed by atoms with Crippen LogP contribution in [-0.2, 0) is 17.6 Å². The van der Waals surface area contributed by atoms with E-state index < -0.39 is 6.10 Å². The molecule has 1 N–H and O–H groups in total. The summed E-state index contributed by atoms with van der Waals surface area (Å²) in [5.41, 5.74) is 2.83. The monoisotopic (exact) mass is 303 g/mol. The van der Waals surface area contributed by atoms with E-state index >= 15 is 0 Å². The van der Waals surface area contributed by atoms with Crippen LogP contribution in [0.5, 0.6) is 5.75 Å². The molecule has 1 amide bonds. The van der Waals surface area contributed by atoms with Gasteiger partial charge in [0.2, 0.25) is 0 Å². The summed E-state index contributed by atoms with van der Waals surface area (Å²) in [6, 6.07) is 6.50. The number of carbonyl (C=O) groups excluding carboxylic acids is 1. The lowest BCUT2D eigenvalue weighted by Crippen LogP contribution is -2.42. The number of hydrogen-bond acceptors (Lipinski definition) is 2. The second-order valence-corrected chi connectivity index (χ2v) is 6.35. The maximum absolute atomic E-state index is 12.3. The molecule has 1 aromatic rings. The fraction of sp³-hybridized carbons (Fsp3) is 0.632. The lowest BCUT2D eigenvalue weighted by atomic mass is 9.92. The van der Waals surface area contributed by atoms with Gasteiger partial charge >= 0.3 is 0 Å². The number of hydrogen-bond donors (Lipinski definition) is 1. The molecule has 0 heterocycles. The van der Waals surface area contributed by atoms with Gasteiger partial charge in [-0.2, -0.15) is 0 Å². The summed E-state index contributed by atoms with van der Waals surface area (Å²) in [5.74, 6) is 0.826. The fourth-order valence-corrected chi connectivity index (χ4v) is 3.11. The van der Waals surface area contributed by atoms with Gasteiger partial charge in [-0.05, 0) is 68.7 Å². The van der Waals surface area contributed by atoms with E-state index in [0.717, 1.165) is 25.0 Å². The zero-order valence-corrected chi connectivity index (χ0v) is 14.2. The summed E-state index contributed by atoms with van der Waals surface area (Å²) >= 11 is 0. The molecule has 2 rings (SSSR count). The molecule has 3 heteroatoms. The van der Waals surface area contributed by atoms with E-state index in [1.807, 2.05) is 19.9 Å². The largest absolute Gasteiger partial charge is 0.481 e. The highest BCUT2D eigenvalue weighted by Gasteiger charge is 2.20. The fourth-order valence-electron chi connectivity index (χ4n) is 3.11. The average Bonchev–Trinajstić information content (AvgIpc) is 2.52. The second-order valence-electron chi connectivity index (χ2n) is 6.35. The molecule has 0 aromatic heterocycles. The van der Waals surface area contributed by atoms with Gasteiger partial charge in [-0.15, -0.1) is 0 Å². The first kappa shape index (κ1) is 16.9. The first-order valence-electron chi connectivity index (χ1n) is 8.72. The predicted octanol–water partition coefficient (Wildman–Crippen LogP) is 4.03. The lowest BCUT2D eigenvalue weighted by molar-refractivity contribution is -0.128. The number of ether oxygens (including phenoxy) is 1. The van der Waals surface area contributed by atoms with Gasteiger partial charge < -0.3 is 10.1 Å². The Bertz CT molecular complexity index is 498. The zero-order valence-electron chi connectivity index (χ0n) is 14.2. The molecule has 0 spiro atoms. The molecule has 3 nitrogen and oxygen atoms in total. The van der Waals surface area contributed by atoms with E-state index in [-0.39, 0.29) is 11.9 Å². The first-order valence-corrected chi connectivity index (χ1v) is 8.72. The molecule has 22 heavy (non-hydrogen) atoms. The standard InChI is InChI=1S/C19H29NO2/c1-4-8-14(3)20-19(21)18(5-2)22-17-12-11-15-9-6-7-10-16(15)13-17/h11-14,18H,4-10H2,1-3H3,(H,20,21)/t14-,18-/m1/s1. The second kappa shape index (κ2) is 8.21. The third kappa shape index (κ3) is 4.49. The van der Waals surface area contributed by atoms with E-state index in [1.165, 1.54) is 30.4 Å². The highest BCUT2D eigenvalue weighted by atomic mass is 16.5. The van der Waals surface area contributed by atoms with Gasteiger partial charge in [0.1, 0.15) is 5.75 Å². The number of fused-ring (bicyclic) bond motifs is 1. The molecule has 2 atom stereocenters. The topological polar surface area (TPSA) is 38.3 Å². The minimum atomic E-state index is -0.402. The van der Waals surface area contributed by atoms with Crippen LogP contribution in [0.15, 0.2) is 18.2 Å². The van der Waals surface area contributed by atoms with Gasteiger partial charge in [-0.3, -0.25) is 4.79 Å². The number of amides is 1. The Morgan fingerprint density at radius 2 is 1.95 bits per heavy atom. The summed E-state index contributed by atoms with van der Waals surface area (Å²) in [6.07, 6.45) is 7.18. The average molecular weight is 303 g/mol. The van der Waals surface area contributed by atoms with Gasteiger partial charge in [0.25, 0.3) is 5.91 Å². The maximum atomic E-state index is 12.3. The van der Waals surface area contributed by atoms with Gasteiger partial charge in [0.15, 0.2) is 6.10 Å². The van der Waals surface area contributed by atoms with Crippen molar-refractivity contribution in [2.24, 2.45) is 0 Å². The quantitative estimate of drug-likeness (QED) is 0.826. The lowest BCUT2D eigenvalue weighted by Gasteiger charge is -2.22. The van der Waals surface area contributed by atoms with Crippen molar-refractivity contribution in [3.63, 3.8) is 0 Å². The summed E-state index contributed by atoms with van der Waals surface area (Å²) in [4.78, 5) is 12.3. The van der Waals surface area contributed by atoms with Crippen molar-refractivity contribution in [3.05, 3.63) is 29.3 Å². The smallest absolute Gasteiger partial charge is 0.261 e. The van der Waals surface area contributed by atoms with Crippen LogP contribution in [-0.4, -0.2) is 18.1 Å². The van der Waals surface area contributed by atoms with Crippen LogP contribution in [0.1, 0.15) is 64.0 Å². The highest BCUT2D eigenvalue weighted by molar-refractivity contribution is 5.81. The summed E-state index contributed by atoms with van der Waals surface area (Å²) in [7, 11) is 0. The van der Waals surface area contributed by atoms with Gasteiger partial charge in [0, 0.05) is 6.04 Å². The van der Waals surface area contributed by atoms with Crippen LogP contribution < -0.4 is 10.1 Å². The van der Waals surface area contributed by atoms with Crippen LogP contribution in [0.4, 0.5) is 0 Å². The van der Waals surface area contributed by atoms with Crippen molar-refractivity contribution in [2.45, 2.75) is 77.9 Å². The van der Waals surface area contributed by atoms with E-state index in [1.54, 1.807) is 0 Å². The van der Waals surface area contributed by atoms with Crippen LogP contribution >= 0.6 is 0 Å². The van der Waals surface area contributed by atoms with Crippen LogP contribution in [0.2, 0.25) is 0 Å². The molecule has 0 saturated carbocycles. The van der Waals surface area contributed by atoms with E-state index in [9.17, 15) is 4.79 Å². The van der Waals surface area contributed by atoms with Crippen LogP contribution in [0.25, 0.3) is 0 Å². The number of carbonyl (C=O) groups is 1. The van der Waals surface area contributed by atoms with Gasteiger partial charge in [0.05, 0.1) is 0 Å². The Morgan fingerprint density at radius 1 is 1.23 bits per heavy atom. The molecule has 0 radical (unpaired) electrons. The molecular formula is C19H29NO2. The molecule has 1 aromatic carbocycles. The van der Waals surface area contributed by atoms with E-state index in [0.29, 0.717) is 6.42 Å². The molecule has 122 valence electrons. The minimum Gasteiger partial charge on any atom is -0.481 e. The highest BCUT2D eigenvalue weighted by Crippen LogP contribution is 2.26. The normalized spacial score (nSPS) is 16.5. The third-order valence-electron chi connectivity index (χ3n) is 4.37. The predicted molar refractivity (Wildman–Crippen MR) is 90.3 cm³/mol. The van der Waals surface area contributed by atoms with Crippen LogP contribution in [0.3, 0.4) is 0 Å². The number of nitrogens with one attached hydrogen (secondary N) is 1. The summed E-state index contributed by atoms with van der Waals surface area (Å²) < 4.78 is 5.96. The van der Waals surface area contributed by atoms with Crippen LogP contribution in [0, 0.1) is 0 Å². The number of aryl methyl sites for hydroxylation is 2. The Balaban J connectivity index is 1.99. The Morgan fingerprint density at radius 3 is 2.64 bits per heavy atom. The Kier molecular flexibility index (Phi) is 6.29. The maximum Gasteiger partial charge on any atom is 0.261 e. The summed E-state index contributed by atoms with van der Waals surface area (Å²) in [6.45, 7) is 6.17. The molecular weight excluding hydrogens is 274 g/mol. The number of benzene rings is 1. The number of rotatable bonds is 7. The van der Waals surface area contributed by atoms with Crippen molar-refractivity contribution in [2.75, 3.05) is 0 Å². The molecule has 0 fully saturated rings. The minimum absolute atomic E-state index is 0.00108. The van der Waals surface area contributed by atoms with Crippen molar-refractivity contribution >= 4 is 5.91 Å². The zero-order chi connectivity index (χ0) is 15.9. The molecule has 0 aliphatic heterocycles. The Hall–Kier alpha value is -1.51. The van der Waals surface area contributed by atoms with Crippen molar-refractivity contribution in [1.29, 1.82) is 0 Å². The van der Waals surface area contributed by atoms with E-state index in [4.69, 9.17) is 4.74 Å². The molecule has 1 aliphatic rings. The molecule has 0 saturated heterocycles. The molecule has 0 unspecified atom stereocenters. The Labute approximate surface area is 134 Å². The molecule has 1 aliphatic carbocycles. The van der Waals surface area contributed by atoms with Crippen molar-refractivity contribution in [1.82, 2.24) is 5.32 Å². The third-order valence-corrected chi connectivity index (χ3v) is 4.37. The first-order chi connectivity index (χ1) is 10.6.